The predicted molar refractivity (Wildman–Crippen MR) is 96.4 cm³/mol. The van der Waals surface area contributed by atoms with E-state index >= 15 is 0 Å². The van der Waals surface area contributed by atoms with Crippen LogP contribution in [0.25, 0.3) is 0 Å². The standard InChI is InChI=1S/C18H18INO2/c19-14-8-10-15(11-9-14)20-18(21)12-22-17-7-3-5-13-4-1-2-6-16(13)17/h3,5,7-11H,1-2,4,6,12H2,(H,20,21). The minimum atomic E-state index is -0.130. The van der Waals surface area contributed by atoms with Gasteiger partial charge in [0.25, 0.3) is 5.91 Å². The van der Waals surface area contributed by atoms with Crippen LogP contribution < -0.4 is 10.1 Å². The molecule has 114 valence electrons. The number of benzene rings is 2. The highest BCUT2D eigenvalue weighted by atomic mass is 127. The summed E-state index contributed by atoms with van der Waals surface area (Å²) in [6.07, 6.45) is 4.59. The van der Waals surface area contributed by atoms with Gasteiger partial charge in [-0.3, -0.25) is 4.79 Å². The van der Waals surface area contributed by atoms with Crippen molar-refractivity contribution in [2.75, 3.05) is 11.9 Å². The lowest BCUT2D eigenvalue weighted by Crippen LogP contribution is -2.21. The molecule has 0 aliphatic heterocycles. The van der Waals surface area contributed by atoms with Gasteiger partial charge in [0, 0.05) is 9.26 Å². The number of ether oxygens (including phenoxy) is 1. The minimum absolute atomic E-state index is 0.0441. The summed E-state index contributed by atoms with van der Waals surface area (Å²) < 4.78 is 6.89. The maximum Gasteiger partial charge on any atom is 0.262 e. The first-order valence-electron chi connectivity index (χ1n) is 7.51. The average Bonchev–Trinajstić information content (AvgIpc) is 2.55. The van der Waals surface area contributed by atoms with Gasteiger partial charge in [0.15, 0.2) is 6.61 Å². The Kier molecular flexibility index (Phi) is 4.97. The molecular weight excluding hydrogens is 389 g/mol. The van der Waals surface area contributed by atoms with Crippen molar-refractivity contribution in [2.24, 2.45) is 0 Å². The molecule has 2 aromatic rings. The second-order valence-corrected chi connectivity index (χ2v) is 6.69. The highest BCUT2D eigenvalue weighted by Crippen LogP contribution is 2.29. The molecule has 22 heavy (non-hydrogen) atoms. The Bertz CT molecular complexity index is 667. The molecule has 0 radical (unpaired) electrons. The normalized spacial score (nSPS) is 13.3. The number of amides is 1. The van der Waals surface area contributed by atoms with Crippen LogP contribution in [0.3, 0.4) is 0 Å². The second-order valence-electron chi connectivity index (χ2n) is 5.44. The zero-order chi connectivity index (χ0) is 15.4. The van der Waals surface area contributed by atoms with Gasteiger partial charge in [-0.1, -0.05) is 12.1 Å². The Labute approximate surface area is 144 Å². The number of hydrogen-bond donors (Lipinski definition) is 1. The third-order valence-electron chi connectivity index (χ3n) is 3.84. The van der Waals surface area contributed by atoms with E-state index in [9.17, 15) is 4.79 Å². The molecular formula is C18H18INO2. The monoisotopic (exact) mass is 407 g/mol. The summed E-state index contributed by atoms with van der Waals surface area (Å²) in [6, 6.07) is 13.8. The molecule has 4 heteroatoms. The van der Waals surface area contributed by atoms with E-state index in [1.54, 1.807) is 0 Å². The van der Waals surface area contributed by atoms with E-state index in [-0.39, 0.29) is 12.5 Å². The molecule has 0 unspecified atom stereocenters. The average molecular weight is 407 g/mol. The molecule has 0 atom stereocenters. The summed E-state index contributed by atoms with van der Waals surface area (Å²) in [7, 11) is 0. The molecule has 1 aliphatic carbocycles. The molecule has 1 amide bonds. The van der Waals surface area contributed by atoms with Crippen LogP contribution in [-0.2, 0) is 17.6 Å². The molecule has 0 heterocycles. The van der Waals surface area contributed by atoms with Gasteiger partial charge >= 0.3 is 0 Å². The molecule has 0 saturated heterocycles. The Morgan fingerprint density at radius 1 is 1.09 bits per heavy atom. The minimum Gasteiger partial charge on any atom is -0.483 e. The largest absolute Gasteiger partial charge is 0.483 e. The zero-order valence-electron chi connectivity index (χ0n) is 12.3. The van der Waals surface area contributed by atoms with Crippen LogP contribution in [-0.4, -0.2) is 12.5 Å². The van der Waals surface area contributed by atoms with Gasteiger partial charge in [0.1, 0.15) is 5.75 Å². The Morgan fingerprint density at radius 2 is 1.86 bits per heavy atom. The van der Waals surface area contributed by atoms with Crippen molar-refractivity contribution >= 4 is 34.2 Å². The number of carbonyl (C=O) groups excluding carboxylic acids is 1. The number of rotatable bonds is 4. The topological polar surface area (TPSA) is 38.3 Å². The molecule has 2 aromatic carbocycles. The fourth-order valence-electron chi connectivity index (χ4n) is 2.76. The molecule has 1 N–H and O–H groups in total. The Morgan fingerprint density at radius 3 is 2.68 bits per heavy atom. The number of anilines is 1. The Balaban J connectivity index is 1.60. The fourth-order valence-corrected chi connectivity index (χ4v) is 3.11. The van der Waals surface area contributed by atoms with Gasteiger partial charge in [-0.2, -0.15) is 0 Å². The lowest BCUT2D eigenvalue weighted by atomic mass is 9.91. The maximum atomic E-state index is 12.0. The van der Waals surface area contributed by atoms with Gasteiger partial charge < -0.3 is 10.1 Å². The summed E-state index contributed by atoms with van der Waals surface area (Å²) in [5, 5.41) is 2.85. The van der Waals surface area contributed by atoms with Crippen molar-refractivity contribution in [1.82, 2.24) is 0 Å². The van der Waals surface area contributed by atoms with E-state index < -0.39 is 0 Å². The molecule has 1 aliphatic rings. The number of hydrogen-bond acceptors (Lipinski definition) is 2. The molecule has 3 nitrogen and oxygen atoms in total. The zero-order valence-corrected chi connectivity index (χ0v) is 14.4. The third-order valence-corrected chi connectivity index (χ3v) is 4.56. The van der Waals surface area contributed by atoms with Crippen LogP contribution in [0, 0.1) is 3.57 Å². The van der Waals surface area contributed by atoms with Gasteiger partial charge in [0.2, 0.25) is 0 Å². The quantitative estimate of drug-likeness (QED) is 0.773. The lowest BCUT2D eigenvalue weighted by molar-refractivity contribution is -0.118. The van der Waals surface area contributed by atoms with Crippen LogP contribution in [0.5, 0.6) is 5.75 Å². The van der Waals surface area contributed by atoms with Gasteiger partial charge in [-0.25, -0.2) is 0 Å². The summed E-state index contributed by atoms with van der Waals surface area (Å²) >= 11 is 2.24. The van der Waals surface area contributed by atoms with Crippen molar-refractivity contribution in [3.63, 3.8) is 0 Å². The van der Waals surface area contributed by atoms with Crippen LogP contribution >= 0.6 is 22.6 Å². The van der Waals surface area contributed by atoms with Crippen molar-refractivity contribution in [3.8, 4) is 5.75 Å². The van der Waals surface area contributed by atoms with Crippen LogP contribution in [0.4, 0.5) is 5.69 Å². The van der Waals surface area contributed by atoms with Gasteiger partial charge in [0.05, 0.1) is 0 Å². The molecule has 3 rings (SSSR count). The molecule has 0 fully saturated rings. The van der Waals surface area contributed by atoms with E-state index in [0.717, 1.165) is 27.8 Å². The maximum absolute atomic E-state index is 12.0. The van der Waals surface area contributed by atoms with E-state index in [4.69, 9.17) is 4.74 Å². The number of carbonyl (C=O) groups is 1. The van der Waals surface area contributed by atoms with Crippen molar-refractivity contribution in [3.05, 3.63) is 57.2 Å². The number of nitrogens with one attached hydrogen (secondary N) is 1. The predicted octanol–water partition coefficient (Wildman–Crippen LogP) is 4.19. The number of halogens is 1. The summed E-state index contributed by atoms with van der Waals surface area (Å²) in [5.41, 5.74) is 3.43. The van der Waals surface area contributed by atoms with E-state index in [1.807, 2.05) is 36.4 Å². The fraction of sp³-hybridized carbons (Fsp3) is 0.278. The van der Waals surface area contributed by atoms with Crippen molar-refractivity contribution < 1.29 is 9.53 Å². The smallest absolute Gasteiger partial charge is 0.262 e. The van der Waals surface area contributed by atoms with E-state index in [0.29, 0.717) is 0 Å². The summed E-state index contributed by atoms with van der Waals surface area (Å²) in [4.78, 5) is 12.0. The second kappa shape index (κ2) is 7.13. The molecule has 0 spiro atoms. The van der Waals surface area contributed by atoms with Crippen LogP contribution in [0.1, 0.15) is 24.0 Å². The van der Waals surface area contributed by atoms with Gasteiger partial charge in [-0.15, -0.1) is 0 Å². The number of fused-ring (bicyclic) bond motifs is 1. The van der Waals surface area contributed by atoms with Crippen LogP contribution in [0.2, 0.25) is 0 Å². The van der Waals surface area contributed by atoms with E-state index in [1.165, 1.54) is 24.0 Å². The SMILES string of the molecule is O=C(COc1cccc2c1CCCC2)Nc1ccc(I)cc1. The number of aryl methyl sites for hydroxylation is 1. The summed E-state index contributed by atoms with van der Waals surface area (Å²) in [6.45, 7) is 0.0441. The first-order chi connectivity index (χ1) is 10.7. The van der Waals surface area contributed by atoms with Crippen LogP contribution in [0.15, 0.2) is 42.5 Å². The van der Waals surface area contributed by atoms with Gasteiger partial charge in [-0.05, 0) is 89.7 Å². The third kappa shape index (κ3) is 3.80. The Hall–Kier alpha value is -1.56. The van der Waals surface area contributed by atoms with E-state index in [2.05, 4.69) is 34.0 Å². The first-order valence-corrected chi connectivity index (χ1v) is 8.59. The van der Waals surface area contributed by atoms with Crippen molar-refractivity contribution in [2.45, 2.75) is 25.7 Å². The highest BCUT2D eigenvalue weighted by molar-refractivity contribution is 14.1. The van der Waals surface area contributed by atoms with Crippen molar-refractivity contribution in [1.29, 1.82) is 0 Å². The molecule has 0 bridgehead atoms. The first kappa shape index (κ1) is 15.3. The lowest BCUT2D eigenvalue weighted by Gasteiger charge is -2.19. The summed E-state index contributed by atoms with van der Waals surface area (Å²) in [5.74, 6) is 0.726. The molecule has 0 aromatic heterocycles. The molecule has 0 saturated carbocycles. The highest BCUT2D eigenvalue weighted by Gasteiger charge is 2.14.